The standard InChI is InChI=1S/C18H17N/c1-14-7-9-15(10-8-14)11-12-17-13-16-5-3-4-6-18(16)19(17)2/h3-13H,1-2H3/b12-11+. The topological polar surface area (TPSA) is 4.93 Å². The Bertz CT molecular complexity index is 730. The van der Waals surface area contributed by atoms with Crippen molar-refractivity contribution >= 4 is 23.1 Å². The van der Waals surface area contributed by atoms with E-state index in [0.29, 0.717) is 0 Å². The van der Waals surface area contributed by atoms with E-state index in [0.717, 1.165) is 0 Å². The van der Waals surface area contributed by atoms with Crippen LogP contribution in [0.5, 0.6) is 0 Å². The Morgan fingerprint density at radius 2 is 1.63 bits per heavy atom. The van der Waals surface area contributed by atoms with Gasteiger partial charge in [0.25, 0.3) is 0 Å². The molecule has 0 aliphatic rings. The summed E-state index contributed by atoms with van der Waals surface area (Å²) in [4.78, 5) is 0. The van der Waals surface area contributed by atoms with Crippen LogP contribution >= 0.6 is 0 Å². The van der Waals surface area contributed by atoms with E-state index in [-0.39, 0.29) is 0 Å². The quantitative estimate of drug-likeness (QED) is 0.621. The Morgan fingerprint density at radius 3 is 2.37 bits per heavy atom. The third-order valence-corrected chi connectivity index (χ3v) is 3.51. The SMILES string of the molecule is Cc1ccc(/C=C/c2cc3ccccc3n2C)cc1. The van der Waals surface area contributed by atoms with Crippen LogP contribution in [0.2, 0.25) is 0 Å². The summed E-state index contributed by atoms with van der Waals surface area (Å²) >= 11 is 0. The summed E-state index contributed by atoms with van der Waals surface area (Å²) in [6.07, 6.45) is 4.33. The molecule has 1 heteroatoms. The number of hydrogen-bond donors (Lipinski definition) is 0. The van der Waals surface area contributed by atoms with Gasteiger partial charge in [-0.15, -0.1) is 0 Å². The zero-order chi connectivity index (χ0) is 13.2. The molecule has 0 saturated carbocycles. The third-order valence-electron chi connectivity index (χ3n) is 3.51. The predicted molar refractivity (Wildman–Crippen MR) is 83.0 cm³/mol. The first-order valence-corrected chi connectivity index (χ1v) is 6.53. The van der Waals surface area contributed by atoms with E-state index >= 15 is 0 Å². The monoisotopic (exact) mass is 247 g/mol. The molecule has 0 atom stereocenters. The maximum Gasteiger partial charge on any atom is 0.0482 e. The molecule has 1 heterocycles. The average molecular weight is 247 g/mol. The van der Waals surface area contributed by atoms with Crippen LogP contribution in [0, 0.1) is 6.92 Å². The largest absolute Gasteiger partial charge is 0.344 e. The second-order valence-corrected chi connectivity index (χ2v) is 4.93. The lowest BCUT2D eigenvalue weighted by molar-refractivity contribution is 0.955. The van der Waals surface area contributed by atoms with Gasteiger partial charge in [0.15, 0.2) is 0 Å². The number of fused-ring (bicyclic) bond motifs is 1. The molecule has 1 aromatic heterocycles. The van der Waals surface area contributed by atoms with Crippen LogP contribution in [0.15, 0.2) is 54.6 Å². The van der Waals surface area contributed by atoms with E-state index in [1.807, 2.05) is 0 Å². The maximum absolute atomic E-state index is 2.22. The molecule has 2 aromatic carbocycles. The molecule has 0 fully saturated rings. The van der Waals surface area contributed by atoms with E-state index < -0.39 is 0 Å². The van der Waals surface area contributed by atoms with Crippen LogP contribution < -0.4 is 0 Å². The van der Waals surface area contributed by atoms with Crippen LogP contribution in [-0.2, 0) is 7.05 Å². The summed E-state index contributed by atoms with van der Waals surface area (Å²) in [5.74, 6) is 0. The molecule has 94 valence electrons. The molecule has 0 radical (unpaired) electrons. The minimum absolute atomic E-state index is 1.22. The minimum Gasteiger partial charge on any atom is -0.344 e. The van der Waals surface area contributed by atoms with Crippen molar-refractivity contribution in [3.63, 3.8) is 0 Å². The van der Waals surface area contributed by atoms with Gasteiger partial charge < -0.3 is 4.57 Å². The van der Waals surface area contributed by atoms with Crippen molar-refractivity contribution in [2.75, 3.05) is 0 Å². The number of benzene rings is 2. The van der Waals surface area contributed by atoms with Crippen LogP contribution in [0.1, 0.15) is 16.8 Å². The van der Waals surface area contributed by atoms with Crippen molar-refractivity contribution in [3.8, 4) is 0 Å². The fourth-order valence-electron chi connectivity index (χ4n) is 2.33. The molecule has 0 amide bonds. The van der Waals surface area contributed by atoms with Crippen molar-refractivity contribution < 1.29 is 0 Å². The van der Waals surface area contributed by atoms with Gasteiger partial charge in [0, 0.05) is 23.6 Å². The van der Waals surface area contributed by atoms with Gasteiger partial charge in [0.1, 0.15) is 0 Å². The molecule has 0 aliphatic carbocycles. The summed E-state index contributed by atoms with van der Waals surface area (Å²) in [6, 6.07) is 19.3. The minimum atomic E-state index is 1.22. The van der Waals surface area contributed by atoms with Crippen LogP contribution in [0.4, 0.5) is 0 Å². The Hall–Kier alpha value is -2.28. The van der Waals surface area contributed by atoms with Gasteiger partial charge in [-0.3, -0.25) is 0 Å². The first-order valence-electron chi connectivity index (χ1n) is 6.53. The van der Waals surface area contributed by atoms with E-state index in [9.17, 15) is 0 Å². The smallest absolute Gasteiger partial charge is 0.0482 e. The zero-order valence-electron chi connectivity index (χ0n) is 11.3. The molecule has 3 rings (SSSR count). The number of aromatic nitrogens is 1. The fraction of sp³-hybridized carbons (Fsp3) is 0.111. The van der Waals surface area contributed by atoms with Gasteiger partial charge in [-0.25, -0.2) is 0 Å². The molecule has 1 nitrogen and oxygen atoms in total. The maximum atomic E-state index is 2.22. The molecule has 0 bridgehead atoms. The summed E-state index contributed by atoms with van der Waals surface area (Å²) in [6.45, 7) is 2.11. The number of rotatable bonds is 2. The zero-order valence-corrected chi connectivity index (χ0v) is 11.3. The number of nitrogens with zero attached hydrogens (tertiary/aromatic N) is 1. The third kappa shape index (κ3) is 2.32. The molecular weight excluding hydrogens is 230 g/mol. The highest BCUT2D eigenvalue weighted by atomic mass is 14.9. The highest BCUT2D eigenvalue weighted by Crippen LogP contribution is 2.20. The normalized spacial score (nSPS) is 11.5. The summed E-state index contributed by atoms with van der Waals surface area (Å²) in [5.41, 5.74) is 5.02. The van der Waals surface area contributed by atoms with Crippen molar-refractivity contribution in [1.82, 2.24) is 4.57 Å². The van der Waals surface area contributed by atoms with Crippen LogP contribution in [0.3, 0.4) is 0 Å². The van der Waals surface area contributed by atoms with E-state index in [1.165, 1.54) is 27.7 Å². The van der Waals surface area contributed by atoms with Gasteiger partial charge in [-0.1, -0.05) is 54.1 Å². The molecule has 0 unspecified atom stereocenters. The Labute approximate surface area is 113 Å². The van der Waals surface area contributed by atoms with Crippen LogP contribution in [-0.4, -0.2) is 4.57 Å². The first kappa shape index (κ1) is 11.8. The molecular formula is C18H17N. The van der Waals surface area contributed by atoms with Crippen molar-refractivity contribution in [3.05, 3.63) is 71.4 Å². The van der Waals surface area contributed by atoms with Crippen molar-refractivity contribution in [1.29, 1.82) is 0 Å². The van der Waals surface area contributed by atoms with E-state index in [1.54, 1.807) is 0 Å². The molecule has 0 saturated heterocycles. The molecule has 3 aromatic rings. The average Bonchev–Trinajstić information content (AvgIpc) is 2.76. The second kappa shape index (κ2) is 4.77. The number of aryl methyl sites for hydroxylation is 2. The highest BCUT2D eigenvalue weighted by molar-refractivity contribution is 5.85. The van der Waals surface area contributed by atoms with Gasteiger partial charge in [0.05, 0.1) is 0 Å². The summed E-state index contributed by atoms with van der Waals surface area (Å²) in [5, 5.41) is 1.29. The second-order valence-electron chi connectivity index (χ2n) is 4.93. The first-order chi connectivity index (χ1) is 9.24. The highest BCUT2D eigenvalue weighted by Gasteiger charge is 2.01. The lowest BCUT2D eigenvalue weighted by Crippen LogP contribution is -1.89. The van der Waals surface area contributed by atoms with E-state index in [2.05, 4.69) is 85.3 Å². The molecule has 0 N–H and O–H groups in total. The summed E-state index contributed by atoms with van der Waals surface area (Å²) in [7, 11) is 2.11. The fourth-order valence-corrected chi connectivity index (χ4v) is 2.33. The van der Waals surface area contributed by atoms with Gasteiger partial charge in [-0.2, -0.15) is 0 Å². The van der Waals surface area contributed by atoms with Gasteiger partial charge in [0.2, 0.25) is 0 Å². The van der Waals surface area contributed by atoms with Crippen molar-refractivity contribution in [2.45, 2.75) is 6.92 Å². The summed E-state index contributed by atoms with van der Waals surface area (Å²) < 4.78 is 2.22. The molecule has 0 spiro atoms. The Morgan fingerprint density at radius 1 is 0.895 bits per heavy atom. The lowest BCUT2D eigenvalue weighted by Gasteiger charge is -1.99. The number of hydrogen-bond acceptors (Lipinski definition) is 0. The van der Waals surface area contributed by atoms with Gasteiger partial charge in [-0.05, 0) is 30.7 Å². The van der Waals surface area contributed by atoms with Crippen molar-refractivity contribution in [2.24, 2.45) is 7.05 Å². The molecule has 0 aliphatic heterocycles. The Balaban J connectivity index is 1.97. The Kier molecular flexibility index (Phi) is 2.96. The lowest BCUT2D eigenvalue weighted by atomic mass is 10.1. The van der Waals surface area contributed by atoms with E-state index in [4.69, 9.17) is 0 Å². The van der Waals surface area contributed by atoms with Gasteiger partial charge >= 0.3 is 0 Å². The predicted octanol–water partition coefficient (Wildman–Crippen LogP) is 4.66. The molecule has 19 heavy (non-hydrogen) atoms. The van der Waals surface area contributed by atoms with Crippen LogP contribution in [0.25, 0.3) is 23.1 Å². The number of para-hydroxylation sites is 1.